The number of halogens is 1. The molecule has 0 atom stereocenters. The molecule has 0 fully saturated rings. The molecular weight excluding hydrogens is 533 g/mol. The molecule has 0 aliphatic carbocycles. The third-order valence-electron chi connectivity index (χ3n) is 5.17. The molecule has 1 aromatic heterocycles. The maximum Gasteiger partial charge on any atom is 0.213 e. The predicted octanol–water partition coefficient (Wildman–Crippen LogP) is 4.18. The van der Waals surface area contributed by atoms with E-state index >= 15 is 0 Å². The molecule has 0 spiro atoms. The molecule has 2 aromatic rings. The molecule has 1 heterocycles. The molecule has 0 bridgehead atoms. The molecule has 0 saturated carbocycles. The number of hydrogen-bond acceptors (Lipinski definition) is 6. The standard InChI is InChI=1S/C24H39N5O3.HI/c1-8-29(9-2)12-13-31-19-11-10-18(14-20(19)30-7)15-27-23(25-6)28-17-22-26-16-21(32-22)24(3,4)5;/h10-11,14,16H,8-9,12-13,15,17H2,1-7H3,(H2,25,27,28);1H. The van der Waals surface area contributed by atoms with Gasteiger partial charge in [0.2, 0.25) is 5.89 Å². The molecule has 1 aromatic carbocycles. The first kappa shape index (κ1) is 29.0. The molecule has 33 heavy (non-hydrogen) atoms. The van der Waals surface area contributed by atoms with Gasteiger partial charge in [0.15, 0.2) is 17.5 Å². The third-order valence-corrected chi connectivity index (χ3v) is 5.17. The van der Waals surface area contributed by atoms with E-state index in [1.54, 1.807) is 20.4 Å². The molecule has 0 unspecified atom stereocenters. The molecule has 186 valence electrons. The van der Waals surface area contributed by atoms with E-state index < -0.39 is 0 Å². The Morgan fingerprint density at radius 2 is 1.82 bits per heavy atom. The predicted molar refractivity (Wildman–Crippen MR) is 144 cm³/mol. The lowest BCUT2D eigenvalue weighted by molar-refractivity contribution is 0.217. The second-order valence-electron chi connectivity index (χ2n) is 8.51. The second-order valence-corrected chi connectivity index (χ2v) is 8.51. The number of hydrogen-bond donors (Lipinski definition) is 2. The summed E-state index contributed by atoms with van der Waals surface area (Å²) in [7, 11) is 3.39. The maximum absolute atomic E-state index is 5.94. The van der Waals surface area contributed by atoms with Crippen LogP contribution in [0.15, 0.2) is 33.8 Å². The quantitative estimate of drug-likeness (QED) is 0.237. The fourth-order valence-electron chi connectivity index (χ4n) is 3.07. The highest BCUT2D eigenvalue weighted by Gasteiger charge is 2.19. The maximum atomic E-state index is 5.94. The van der Waals surface area contributed by atoms with Crippen LogP contribution < -0.4 is 20.1 Å². The van der Waals surface area contributed by atoms with E-state index in [1.807, 2.05) is 18.2 Å². The Morgan fingerprint density at radius 1 is 1.12 bits per heavy atom. The van der Waals surface area contributed by atoms with Crippen molar-refractivity contribution in [1.82, 2.24) is 20.5 Å². The Kier molecular flexibility index (Phi) is 12.6. The van der Waals surface area contributed by atoms with Crippen LogP contribution in [-0.4, -0.2) is 56.2 Å². The summed E-state index contributed by atoms with van der Waals surface area (Å²) in [6, 6.07) is 5.96. The Labute approximate surface area is 215 Å². The molecule has 9 heteroatoms. The first-order chi connectivity index (χ1) is 15.3. The SMILES string of the molecule is CCN(CC)CCOc1ccc(CNC(=NC)NCc2ncc(C(C)(C)C)o2)cc1OC.I. The minimum Gasteiger partial charge on any atom is -0.493 e. The Morgan fingerprint density at radius 3 is 2.39 bits per heavy atom. The zero-order chi connectivity index (χ0) is 23.6. The number of oxazole rings is 1. The van der Waals surface area contributed by atoms with E-state index in [1.165, 1.54) is 0 Å². The van der Waals surface area contributed by atoms with Crippen LogP contribution in [0.5, 0.6) is 11.5 Å². The smallest absolute Gasteiger partial charge is 0.213 e. The van der Waals surface area contributed by atoms with Crippen molar-refractivity contribution < 1.29 is 13.9 Å². The van der Waals surface area contributed by atoms with Gasteiger partial charge in [-0.2, -0.15) is 0 Å². The van der Waals surface area contributed by atoms with Crippen LogP contribution in [0.25, 0.3) is 0 Å². The Hall–Kier alpha value is -2.01. The third kappa shape index (κ3) is 9.40. The minimum atomic E-state index is -0.0640. The summed E-state index contributed by atoms with van der Waals surface area (Å²) >= 11 is 0. The number of aromatic nitrogens is 1. The van der Waals surface area contributed by atoms with Crippen molar-refractivity contribution in [2.24, 2.45) is 4.99 Å². The van der Waals surface area contributed by atoms with Gasteiger partial charge in [0.1, 0.15) is 12.4 Å². The van der Waals surface area contributed by atoms with Gasteiger partial charge in [-0.3, -0.25) is 4.99 Å². The molecular formula is C24H40IN5O3. The summed E-state index contributed by atoms with van der Waals surface area (Å²) in [6.07, 6.45) is 1.78. The number of ether oxygens (including phenoxy) is 2. The van der Waals surface area contributed by atoms with Gasteiger partial charge < -0.3 is 29.4 Å². The lowest BCUT2D eigenvalue weighted by atomic mass is 9.94. The molecule has 0 amide bonds. The van der Waals surface area contributed by atoms with E-state index in [4.69, 9.17) is 13.9 Å². The van der Waals surface area contributed by atoms with Crippen LogP contribution in [0.1, 0.15) is 51.8 Å². The van der Waals surface area contributed by atoms with Crippen LogP contribution in [0.3, 0.4) is 0 Å². The molecule has 0 aliphatic rings. The summed E-state index contributed by atoms with van der Waals surface area (Å²) in [5.74, 6) is 3.64. The van der Waals surface area contributed by atoms with Crippen LogP contribution in [-0.2, 0) is 18.5 Å². The van der Waals surface area contributed by atoms with Crippen molar-refractivity contribution in [3.63, 3.8) is 0 Å². The number of methoxy groups -OCH3 is 1. The fourth-order valence-corrected chi connectivity index (χ4v) is 3.07. The van der Waals surface area contributed by atoms with Crippen LogP contribution in [0.2, 0.25) is 0 Å². The summed E-state index contributed by atoms with van der Waals surface area (Å²) in [5.41, 5.74) is 0.998. The number of likely N-dealkylation sites (N-methyl/N-ethyl adjacent to an activating group) is 1. The van der Waals surface area contributed by atoms with Gasteiger partial charge in [0.25, 0.3) is 0 Å². The minimum absolute atomic E-state index is 0. The van der Waals surface area contributed by atoms with Gasteiger partial charge in [-0.05, 0) is 30.8 Å². The largest absolute Gasteiger partial charge is 0.493 e. The van der Waals surface area contributed by atoms with Crippen molar-refractivity contribution >= 4 is 29.9 Å². The van der Waals surface area contributed by atoms with Gasteiger partial charge in [0.05, 0.1) is 19.9 Å². The summed E-state index contributed by atoms with van der Waals surface area (Å²) in [6.45, 7) is 15.2. The van der Waals surface area contributed by atoms with Gasteiger partial charge in [0, 0.05) is 25.6 Å². The molecule has 2 N–H and O–H groups in total. The summed E-state index contributed by atoms with van der Waals surface area (Å²) in [5, 5.41) is 6.54. The average molecular weight is 574 g/mol. The molecule has 0 aliphatic heterocycles. The zero-order valence-electron chi connectivity index (χ0n) is 21.0. The van der Waals surface area contributed by atoms with Gasteiger partial charge >= 0.3 is 0 Å². The second kappa shape index (κ2) is 14.3. The highest BCUT2D eigenvalue weighted by Crippen LogP contribution is 2.28. The summed E-state index contributed by atoms with van der Waals surface area (Å²) in [4.78, 5) is 10.9. The monoisotopic (exact) mass is 573 g/mol. The zero-order valence-corrected chi connectivity index (χ0v) is 23.4. The van der Waals surface area contributed by atoms with Crippen LogP contribution in [0.4, 0.5) is 0 Å². The highest BCUT2D eigenvalue weighted by atomic mass is 127. The van der Waals surface area contributed by atoms with Gasteiger partial charge in [-0.1, -0.05) is 40.7 Å². The van der Waals surface area contributed by atoms with Crippen LogP contribution >= 0.6 is 24.0 Å². The van der Waals surface area contributed by atoms with E-state index in [0.717, 1.165) is 42.5 Å². The highest BCUT2D eigenvalue weighted by molar-refractivity contribution is 14.0. The number of nitrogens with one attached hydrogen (secondary N) is 2. The van der Waals surface area contributed by atoms with Gasteiger partial charge in [-0.25, -0.2) is 4.98 Å². The first-order valence-electron chi connectivity index (χ1n) is 11.2. The molecule has 0 radical (unpaired) electrons. The first-order valence-corrected chi connectivity index (χ1v) is 11.2. The van der Waals surface area contributed by atoms with E-state index in [0.29, 0.717) is 31.5 Å². The van der Waals surface area contributed by atoms with E-state index in [9.17, 15) is 0 Å². The van der Waals surface area contributed by atoms with E-state index in [-0.39, 0.29) is 29.4 Å². The lowest BCUT2D eigenvalue weighted by Crippen LogP contribution is -2.36. The fraction of sp³-hybridized carbons (Fsp3) is 0.583. The van der Waals surface area contributed by atoms with Crippen molar-refractivity contribution in [3.8, 4) is 11.5 Å². The van der Waals surface area contributed by atoms with E-state index in [2.05, 4.69) is 60.1 Å². The number of rotatable bonds is 11. The normalized spacial score (nSPS) is 11.8. The van der Waals surface area contributed by atoms with Crippen molar-refractivity contribution in [2.45, 2.75) is 53.1 Å². The number of nitrogens with zero attached hydrogens (tertiary/aromatic N) is 3. The van der Waals surface area contributed by atoms with Crippen molar-refractivity contribution in [1.29, 1.82) is 0 Å². The molecule has 8 nitrogen and oxygen atoms in total. The number of aliphatic imine (C=N–C) groups is 1. The lowest BCUT2D eigenvalue weighted by Gasteiger charge is -2.19. The van der Waals surface area contributed by atoms with Crippen molar-refractivity contribution in [3.05, 3.63) is 41.6 Å². The van der Waals surface area contributed by atoms with Crippen molar-refractivity contribution in [2.75, 3.05) is 40.4 Å². The average Bonchev–Trinajstić information content (AvgIpc) is 3.27. The number of benzene rings is 1. The summed E-state index contributed by atoms with van der Waals surface area (Å²) < 4.78 is 17.3. The Bertz CT molecular complexity index is 860. The molecule has 0 saturated heterocycles. The number of guanidine groups is 1. The van der Waals surface area contributed by atoms with Crippen LogP contribution in [0, 0.1) is 0 Å². The molecule has 2 rings (SSSR count). The Balaban J connectivity index is 0.00000544. The topological polar surface area (TPSA) is 84.2 Å². The van der Waals surface area contributed by atoms with Gasteiger partial charge in [-0.15, -0.1) is 24.0 Å².